The zero-order chi connectivity index (χ0) is 19.8. The molecule has 1 amide bonds. The van der Waals surface area contributed by atoms with Gasteiger partial charge in [-0.25, -0.2) is 4.79 Å². The monoisotopic (exact) mass is 363 g/mol. The van der Waals surface area contributed by atoms with Gasteiger partial charge in [-0.1, -0.05) is 32.0 Å². The Balaban J connectivity index is 2.18. The first-order valence-electron chi connectivity index (χ1n) is 8.62. The van der Waals surface area contributed by atoms with E-state index in [-0.39, 0.29) is 11.1 Å². The van der Waals surface area contributed by atoms with E-state index in [1.165, 1.54) is 18.3 Å². The van der Waals surface area contributed by atoms with Crippen LogP contribution in [0.4, 0.5) is 11.4 Å². The number of carbonyl (C=O) groups excluding carboxylic acids is 1. The summed E-state index contributed by atoms with van der Waals surface area (Å²) in [5.74, 6) is -1.52. The number of para-hydroxylation sites is 1. The predicted octanol–water partition coefficient (Wildman–Crippen LogP) is 3.97. The summed E-state index contributed by atoms with van der Waals surface area (Å²) in [6.45, 7) is 4.02. The zero-order valence-electron chi connectivity index (χ0n) is 15.2. The number of aromatic carboxylic acids is 1. The van der Waals surface area contributed by atoms with E-state index in [2.05, 4.69) is 10.6 Å². The molecule has 2 rings (SSSR count). The van der Waals surface area contributed by atoms with Gasteiger partial charge < -0.3 is 15.7 Å². The smallest absolute Gasteiger partial charge is 0.335 e. The third-order valence-corrected chi connectivity index (χ3v) is 4.12. The highest BCUT2D eigenvalue weighted by molar-refractivity contribution is 6.07. The largest absolute Gasteiger partial charge is 0.478 e. The minimum atomic E-state index is -1.02. The van der Waals surface area contributed by atoms with Crippen molar-refractivity contribution in [3.8, 4) is 6.07 Å². The van der Waals surface area contributed by atoms with E-state index in [0.29, 0.717) is 5.69 Å². The summed E-state index contributed by atoms with van der Waals surface area (Å²) in [5.41, 5.74) is 3.42. The Bertz CT molecular complexity index is 887. The molecular formula is C21H21N3O3. The maximum absolute atomic E-state index is 12.5. The lowest BCUT2D eigenvalue weighted by atomic mass is 10.0. The fraction of sp³-hybridized carbons (Fsp3) is 0.190. The number of nitrogens with one attached hydrogen (secondary N) is 2. The minimum absolute atomic E-state index is 0.0785. The van der Waals surface area contributed by atoms with Crippen molar-refractivity contribution in [1.29, 1.82) is 5.26 Å². The van der Waals surface area contributed by atoms with Crippen LogP contribution >= 0.6 is 0 Å². The van der Waals surface area contributed by atoms with Crippen LogP contribution in [0.3, 0.4) is 0 Å². The summed E-state index contributed by atoms with van der Waals surface area (Å²) in [5, 5.41) is 23.9. The number of hydrogen-bond acceptors (Lipinski definition) is 4. The van der Waals surface area contributed by atoms with Gasteiger partial charge in [-0.05, 0) is 48.2 Å². The van der Waals surface area contributed by atoms with E-state index in [4.69, 9.17) is 5.11 Å². The molecule has 0 radical (unpaired) electrons. The van der Waals surface area contributed by atoms with Gasteiger partial charge >= 0.3 is 5.97 Å². The van der Waals surface area contributed by atoms with E-state index in [1.807, 2.05) is 38.1 Å². The van der Waals surface area contributed by atoms with Gasteiger partial charge in [0.05, 0.1) is 5.56 Å². The maximum atomic E-state index is 12.5. The molecule has 0 aromatic heterocycles. The Kier molecular flexibility index (Phi) is 6.73. The number of hydrogen-bond donors (Lipinski definition) is 3. The van der Waals surface area contributed by atoms with Crippen LogP contribution in [0.5, 0.6) is 0 Å². The molecule has 0 spiro atoms. The van der Waals surface area contributed by atoms with E-state index in [1.54, 1.807) is 12.1 Å². The van der Waals surface area contributed by atoms with Gasteiger partial charge in [-0.15, -0.1) is 0 Å². The molecule has 27 heavy (non-hydrogen) atoms. The average Bonchev–Trinajstić information content (AvgIpc) is 2.68. The van der Waals surface area contributed by atoms with Crippen molar-refractivity contribution in [3.63, 3.8) is 0 Å². The highest BCUT2D eigenvalue weighted by Crippen LogP contribution is 2.23. The quantitative estimate of drug-likeness (QED) is 0.510. The van der Waals surface area contributed by atoms with Crippen LogP contribution in [0.1, 0.15) is 35.3 Å². The van der Waals surface area contributed by atoms with Gasteiger partial charge in [-0.2, -0.15) is 5.26 Å². The van der Waals surface area contributed by atoms with Crippen molar-refractivity contribution in [2.75, 3.05) is 10.6 Å². The van der Waals surface area contributed by atoms with Crippen LogP contribution in [0.25, 0.3) is 0 Å². The van der Waals surface area contributed by atoms with Crippen LogP contribution in [-0.4, -0.2) is 17.0 Å². The topological polar surface area (TPSA) is 102 Å². The Morgan fingerprint density at radius 2 is 1.67 bits per heavy atom. The SMILES string of the molecule is CCc1cccc(CC)c1NC(=O)/C(C#N)=C\Nc1ccc(C(=O)O)cc1. The second-order valence-electron chi connectivity index (χ2n) is 5.81. The maximum Gasteiger partial charge on any atom is 0.335 e. The third kappa shape index (κ3) is 4.95. The van der Waals surface area contributed by atoms with Crippen molar-refractivity contribution in [2.45, 2.75) is 26.7 Å². The molecule has 0 aliphatic carbocycles. The number of carboxylic acids is 1. The standard InChI is InChI=1S/C21H21N3O3/c1-3-14-6-5-7-15(4-2)19(14)24-20(25)17(12-22)13-23-18-10-8-16(9-11-18)21(26)27/h5-11,13,23H,3-4H2,1-2H3,(H,24,25)(H,26,27)/b17-13-. The molecule has 6 heteroatoms. The normalized spacial score (nSPS) is 10.8. The third-order valence-electron chi connectivity index (χ3n) is 4.12. The molecule has 2 aromatic carbocycles. The summed E-state index contributed by atoms with van der Waals surface area (Å²) in [4.78, 5) is 23.4. The van der Waals surface area contributed by atoms with Crippen LogP contribution in [-0.2, 0) is 17.6 Å². The summed E-state index contributed by atoms with van der Waals surface area (Å²) >= 11 is 0. The van der Waals surface area contributed by atoms with Crippen molar-refractivity contribution in [2.24, 2.45) is 0 Å². The summed E-state index contributed by atoms with van der Waals surface area (Å²) in [6.07, 6.45) is 2.84. The fourth-order valence-corrected chi connectivity index (χ4v) is 2.60. The zero-order valence-corrected chi connectivity index (χ0v) is 15.2. The number of nitrogens with zero attached hydrogens (tertiary/aromatic N) is 1. The van der Waals surface area contributed by atoms with Gasteiger partial charge in [0, 0.05) is 17.6 Å². The van der Waals surface area contributed by atoms with E-state index in [9.17, 15) is 14.9 Å². The Labute approximate surface area is 158 Å². The Morgan fingerprint density at radius 1 is 1.07 bits per heavy atom. The second kappa shape index (κ2) is 9.20. The molecule has 0 saturated heterocycles. The summed E-state index contributed by atoms with van der Waals surface area (Å²) in [6, 6.07) is 13.8. The second-order valence-corrected chi connectivity index (χ2v) is 5.81. The summed E-state index contributed by atoms with van der Waals surface area (Å²) < 4.78 is 0. The predicted molar refractivity (Wildman–Crippen MR) is 105 cm³/mol. The van der Waals surface area contributed by atoms with Crippen LogP contribution < -0.4 is 10.6 Å². The van der Waals surface area contributed by atoms with Crippen molar-refractivity contribution in [3.05, 3.63) is 70.9 Å². The van der Waals surface area contributed by atoms with E-state index < -0.39 is 11.9 Å². The number of nitriles is 1. The van der Waals surface area contributed by atoms with E-state index in [0.717, 1.165) is 29.7 Å². The molecular weight excluding hydrogens is 342 g/mol. The lowest BCUT2D eigenvalue weighted by molar-refractivity contribution is -0.112. The first kappa shape index (κ1) is 19.7. The number of carbonyl (C=O) groups is 2. The van der Waals surface area contributed by atoms with E-state index >= 15 is 0 Å². The van der Waals surface area contributed by atoms with Gasteiger partial charge in [-0.3, -0.25) is 4.79 Å². The first-order chi connectivity index (χ1) is 13.0. The Morgan fingerprint density at radius 3 is 2.15 bits per heavy atom. The molecule has 0 aliphatic heterocycles. The molecule has 0 bridgehead atoms. The van der Waals surface area contributed by atoms with Crippen LogP contribution in [0.2, 0.25) is 0 Å². The highest BCUT2D eigenvalue weighted by Gasteiger charge is 2.14. The van der Waals surface area contributed by atoms with Gasteiger partial charge in [0.25, 0.3) is 5.91 Å². The molecule has 0 unspecified atom stereocenters. The number of aryl methyl sites for hydroxylation is 2. The average molecular weight is 363 g/mol. The molecule has 3 N–H and O–H groups in total. The molecule has 0 atom stereocenters. The molecule has 0 saturated carbocycles. The number of benzene rings is 2. The minimum Gasteiger partial charge on any atom is -0.478 e. The molecule has 6 nitrogen and oxygen atoms in total. The van der Waals surface area contributed by atoms with Gasteiger partial charge in [0.1, 0.15) is 11.6 Å². The molecule has 0 heterocycles. The molecule has 138 valence electrons. The van der Waals surface area contributed by atoms with Crippen molar-refractivity contribution >= 4 is 23.3 Å². The van der Waals surface area contributed by atoms with Crippen molar-refractivity contribution < 1.29 is 14.7 Å². The lowest BCUT2D eigenvalue weighted by Gasteiger charge is -2.14. The van der Waals surface area contributed by atoms with Crippen molar-refractivity contribution in [1.82, 2.24) is 0 Å². The lowest BCUT2D eigenvalue weighted by Crippen LogP contribution is -2.17. The van der Waals surface area contributed by atoms with Crippen LogP contribution in [0.15, 0.2) is 54.2 Å². The molecule has 2 aromatic rings. The number of rotatable bonds is 7. The van der Waals surface area contributed by atoms with Gasteiger partial charge in [0.2, 0.25) is 0 Å². The highest BCUT2D eigenvalue weighted by atomic mass is 16.4. The number of amides is 1. The first-order valence-corrected chi connectivity index (χ1v) is 8.62. The number of anilines is 2. The number of carboxylic acid groups (broad SMARTS) is 1. The molecule has 0 aliphatic rings. The fourth-order valence-electron chi connectivity index (χ4n) is 2.60. The van der Waals surface area contributed by atoms with Gasteiger partial charge in [0.15, 0.2) is 0 Å². The molecule has 0 fully saturated rings. The summed E-state index contributed by atoms with van der Waals surface area (Å²) in [7, 11) is 0. The Hall–Kier alpha value is -3.59. The van der Waals surface area contributed by atoms with Crippen LogP contribution in [0, 0.1) is 11.3 Å².